The molecular formula is C22H22F3N5O4S. The molecule has 0 spiro atoms. The van der Waals surface area contributed by atoms with Gasteiger partial charge in [0.15, 0.2) is 11.0 Å². The third-order valence-corrected chi connectivity index (χ3v) is 5.85. The number of thioether (sulfide) groups is 1. The highest BCUT2D eigenvalue weighted by atomic mass is 32.2. The van der Waals surface area contributed by atoms with Gasteiger partial charge in [0, 0.05) is 18.3 Å². The molecule has 186 valence electrons. The van der Waals surface area contributed by atoms with Gasteiger partial charge in [0.2, 0.25) is 5.91 Å². The molecule has 1 aromatic heterocycles. The Labute approximate surface area is 202 Å². The van der Waals surface area contributed by atoms with Crippen LogP contribution < -0.4 is 15.4 Å². The maximum absolute atomic E-state index is 12.8. The van der Waals surface area contributed by atoms with Gasteiger partial charge in [-0.1, -0.05) is 17.8 Å². The first-order valence-corrected chi connectivity index (χ1v) is 11.2. The number of nitrogens with zero attached hydrogens (tertiary/aromatic N) is 3. The molecule has 0 saturated heterocycles. The molecule has 2 aromatic carbocycles. The van der Waals surface area contributed by atoms with Gasteiger partial charge in [0.1, 0.15) is 11.8 Å². The number of hydrogen-bond acceptors (Lipinski definition) is 7. The Kier molecular flexibility index (Phi) is 8.35. The van der Waals surface area contributed by atoms with E-state index in [0.29, 0.717) is 16.5 Å². The Morgan fingerprint density at radius 1 is 1.17 bits per heavy atom. The zero-order valence-corrected chi connectivity index (χ0v) is 19.5. The minimum absolute atomic E-state index is 0.0191. The van der Waals surface area contributed by atoms with Crippen molar-refractivity contribution in [3.63, 3.8) is 0 Å². The smallest absolute Gasteiger partial charge is 0.416 e. The van der Waals surface area contributed by atoms with Crippen molar-refractivity contribution >= 4 is 29.3 Å². The number of ether oxygens (including phenoxy) is 1. The Hall–Kier alpha value is -3.58. The van der Waals surface area contributed by atoms with Gasteiger partial charge in [-0.15, -0.1) is 10.2 Å². The fourth-order valence-electron chi connectivity index (χ4n) is 3.03. The molecular weight excluding hydrogens is 487 g/mol. The topological polar surface area (TPSA) is 118 Å². The molecule has 1 atom stereocenters. The van der Waals surface area contributed by atoms with Crippen molar-refractivity contribution in [1.29, 1.82) is 0 Å². The zero-order chi connectivity index (χ0) is 25.6. The lowest BCUT2D eigenvalue weighted by molar-refractivity contribution is -0.137. The summed E-state index contributed by atoms with van der Waals surface area (Å²) in [6.07, 6.45) is -4.52. The number of carbonyl (C=O) groups excluding carboxylic acids is 2. The summed E-state index contributed by atoms with van der Waals surface area (Å²) in [4.78, 5) is 24.8. The fraction of sp³-hybridized carbons (Fsp3) is 0.273. The van der Waals surface area contributed by atoms with Gasteiger partial charge in [-0.05, 0) is 42.5 Å². The number of carbonyl (C=O) groups is 2. The highest BCUT2D eigenvalue weighted by Gasteiger charge is 2.30. The molecule has 3 N–H and O–H groups in total. The second-order valence-corrected chi connectivity index (χ2v) is 8.19. The van der Waals surface area contributed by atoms with E-state index in [-0.39, 0.29) is 17.3 Å². The van der Waals surface area contributed by atoms with Gasteiger partial charge in [0.25, 0.3) is 5.91 Å². The van der Waals surface area contributed by atoms with Crippen molar-refractivity contribution in [3.05, 3.63) is 65.5 Å². The van der Waals surface area contributed by atoms with E-state index in [1.807, 2.05) is 0 Å². The molecule has 0 bridgehead atoms. The van der Waals surface area contributed by atoms with Crippen LogP contribution in [0.15, 0.2) is 53.7 Å². The maximum atomic E-state index is 12.8. The average molecular weight is 510 g/mol. The molecule has 35 heavy (non-hydrogen) atoms. The number of alkyl halides is 3. The van der Waals surface area contributed by atoms with Crippen molar-refractivity contribution in [3.8, 4) is 5.75 Å². The largest absolute Gasteiger partial charge is 0.497 e. The van der Waals surface area contributed by atoms with Crippen molar-refractivity contribution in [2.75, 3.05) is 24.8 Å². The summed E-state index contributed by atoms with van der Waals surface area (Å²) < 4.78 is 45.1. The third kappa shape index (κ3) is 6.73. The molecule has 9 nitrogen and oxygen atoms in total. The molecule has 0 fully saturated rings. The number of aromatic nitrogens is 3. The number of aliphatic hydroxyl groups is 1. The summed E-state index contributed by atoms with van der Waals surface area (Å²) in [5.74, 6) is -0.276. The van der Waals surface area contributed by atoms with Crippen LogP contribution >= 0.6 is 11.8 Å². The fourth-order valence-corrected chi connectivity index (χ4v) is 3.75. The first-order valence-electron chi connectivity index (χ1n) is 10.2. The minimum Gasteiger partial charge on any atom is -0.497 e. The Morgan fingerprint density at radius 2 is 1.89 bits per heavy atom. The van der Waals surface area contributed by atoms with E-state index in [4.69, 9.17) is 4.74 Å². The Balaban J connectivity index is 1.61. The lowest BCUT2D eigenvalue weighted by atomic mass is 10.2. The summed E-state index contributed by atoms with van der Waals surface area (Å²) in [6, 6.07) is 9.86. The Bertz CT molecular complexity index is 1180. The summed E-state index contributed by atoms with van der Waals surface area (Å²) in [5, 5.41) is 23.2. The molecule has 0 aliphatic heterocycles. The molecule has 13 heteroatoms. The van der Waals surface area contributed by atoms with E-state index in [1.165, 1.54) is 23.8 Å². The van der Waals surface area contributed by atoms with Crippen LogP contribution in [0.25, 0.3) is 0 Å². The van der Waals surface area contributed by atoms with E-state index < -0.39 is 36.2 Å². The Morgan fingerprint density at radius 3 is 2.51 bits per heavy atom. The van der Waals surface area contributed by atoms with Crippen molar-refractivity contribution in [2.24, 2.45) is 7.05 Å². The van der Waals surface area contributed by atoms with Crippen LogP contribution in [0.5, 0.6) is 5.75 Å². The highest BCUT2D eigenvalue weighted by molar-refractivity contribution is 7.99. The second kappa shape index (κ2) is 11.2. The molecule has 0 aliphatic rings. The first kappa shape index (κ1) is 26.0. The molecule has 0 aliphatic carbocycles. The van der Waals surface area contributed by atoms with Crippen LogP contribution in [0.3, 0.4) is 0 Å². The predicted molar refractivity (Wildman–Crippen MR) is 122 cm³/mol. The number of methoxy groups -OCH3 is 1. The molecule has 3 rings (SSSR count). The van der Waals surface area contributed by atoms with E-state index in [2.05, 4.69) is 20.8 Å². The van der Waals surface area contributed by atoms with E-state index in [9.17, 15) is 27.9 Å². The molecule has 1 heterocycles. The summed E-state index contributed by atoms with van der Waals surface area (Å²) >= 11 is 0.999. The predicted octanol–water partition coefficient (Wildman–Crippen LogP) is 3.04. The van der Waals surface area contributed by atoms with Crippen LogP contribution in [-0.4, -0.2) is 51.2 Å². The zero-order valence-electron chi connectivity index (χ0n) is 18.7. The van der Waals surface area contributed by atoms with Gasteiger partial charge in [-0.3, -0.25) is 9.59 Å². The average Bonchev–Trinajstić information content (AvgIpc) is 3.20. The number of amides is 2. The van der Waals surface area contributed by atoms with Gasteiger partial charge in [-0.25, -0.2) is 0 Å². The van der Waals surface area contributed by atoms with Crippen molar-refractivity contribution in [2.45, 2.75) is 17.4 Å². The number of hydrogen-bond donors (Lipinski definition) is 3. The molecule has 0 saturated carbocycles. The van der Waals surface area contributed by atoms with Gasteiger partial charge in [0.05, 0.1) is 25.0 Å². The lowest BCUT2D eigenvalue weighted by Gasteiger charge is -2.16. The molecule has 1 unspecified atom stereocenters. The van der Waals surface area contributed by atoms with Crippen LogP contribution in [-0.2, 0) is 18.0 Å². The summed E-state index contributed by atoms with van der Waals surface area (Å²) in [7, 11) is 3.11. The number of halogens is 3. The summed E-state index contributed by atoms with van der Waals surface area (Å²) in [5.41, 5.74) is -0.495. The number of aliphatic hydroxyl groups excluding tert-OH is 1. The second-order valence-electron chi connectivity index (χ2n) is 7.25. The lowest BCUT2D eigenvalue weighted by Crippen LogP contribution is -2.32. The highest BCUT2D eigenvalue weighted by Crippen LogP contribution is 2.30. The molecule has 2 amide bonds. The van der Waals surface area contributed by atoms with Crippen LogP contribution in [0.1, 0.15) is 27.8 Å². The number of rotatable bonds is 9. The monoisotopic (exact) mass is 509 g/mol. The van der Waals surface area contributed by atoms with E-state index >= 15 is 0 Å². The van der Waals surface area contributed by atoms with Crippen LogP contribution in [0, 0.1) is 0 Å². The van der Waals surface area contributed by atoms with Gasteiger partial charge in [-0.2, -0.15) is 13.2 Å². The SMILES string of the molecule is COc1ccc(C(=O)NC(CO)c2nnc(SCC(=O)Nc3cccc(C(F)(F)F)c3)n2C)cc1. The van der Waals surface area contributed by atoms with Crippen LogP contribution in [0.4, 0.5) is 18.9 Å². The number of anilines is 1. The number of benzene rings is 2. The van der Waals surface area contributed by atoms with E-state index in [0.717, 1.165) is 23.9 Å². The minimum atomic E-state index is -4.52. The first-order chi connectivity index (χ1) is 16.6. The van der Waals surface area contributed by atoms with Gasteiger partial charge >= 0.3 is 6.18 Å². The normalized spacial score (nSPS) is 12.2. The van der Waals surface area contributed by atoms with E-state index in [1.54, 1.807) is 31.3 Å². The van der Waals surface area contributed by atoms with Gasteiger partial charge < -0.3 is 25.0 Å². The number of nitrogens with one attached hydrogen (secondary N) is 2. The standard InChI is InChI=1S/C22H22F3N5O4S/c1-30-19(17(11-31)27-20(33)13-6-8-16(34-2)9-7-13)28-29-21(30)35-12-18(32)26-15-5-3-4-14(10-15)22(23,24)25/h3-10,17,31H,11-12H2,1-2H3,(H,26,32)(H,27,33). The quantitative estimate of drug-likeness (QED) is 0.380. The molecule has 0 radical (unpaired) electrons. The van der Waals surface area contributed by atoms with Crippen molar-refractivity contribution < 1.29 is 32.6 Å². The molecule has 3 aromatic rings. The third-order valence-electron chi connectivity index (χ3n) is 4.83. The van der Waals surface area contributed by atoms with Crippen molar-refractivity contribution in [1.82, 2.24) is 20.1 Å². The summed E-state index contributed by atoms with van der Waals surface area (Å²) in [6.45, 7) is -0.450. The van der Waals surface area contributed by atoms with Crippen LogP contribution in [0.2, 0.25) is 0 Å². The maximum Gasteiger partial charge on any atom is 0.416 e.